The summed E-state index contributed by atoms with van der Waals surface area (Å²) in [4.78, 5) is 30.0. The monoisotopic (exact) mass is 394 g/mol. The van der Waals surface area contributed by atoms with E-state index in [2.05, 4.69) is 15.5 Å². The van der Waals surface area contributed by atoms with Gasteiger partial charge in [-0.25, -0.2) is 10.4 Å². The van der Waals surface area contributed by atoms with Gasteiger partial charge in [-0.2, -0.15) is 5.10 Å². The zero-order valence-corrected chi connectivity index (χ0v) is 15.4. The van der Waals surface area contributed by atoms with E-state index in [4.69, 9.17) is 16.3 Å². The van der Waals surface area contributed by atoms with E-state index >= 15 is 0 Å². The molecule has 0 saturated heterocycles. The third-order valence-electron chi connectivity index (χ3n) is 4.21. The molecule has 0 unspecified atom stereocenters. The number of aromatic nitrogens is 1. The standard InChI is InChI=1S/C20H15ClN4O3/c21-20-14(9-13-5-1-2-6-15(13)23-20)10-22-24-18(26)11-25-16-7-3-4-8-17(16)28-12-19(25)27/h1-10H,11-12H2,(H,24,26)/b22-10+. The lowest BCUT2D eigenvalue weighted by atomic mass is 10.2. The van der Waals surface area contributed by atoms with E-state index in [1.54, 1.807) is 24.3 Å². The summed E-state index contributed by atoms with van der Waals surface area (Å²) in [5.74, 6) is -0.168. The number of rotatable bonds is 4. The van der Waals surface area contributed by atoms with Crippen molar-refractivity contribution < 1.29 is 14.3 Å². The summed E-state index contributed by atoms with van der Waals surface area (Å²) < 4.78 is 5.36. The molecule has 1 aromatic heterocycles. The van der Waals surface area contributed by atoms with Crippen LogP contribution in [0, 0.1) is 0 Å². The second-order valence-corrected chi connectivity index (χ2v) is 6.45. The predicted molar refractivity (Wildman–Crippen MR) is 107 cm³/mol. The van der Waals surface area contributed by atoms with Crippen molar-refractivity contribution >= 4 is 46.2 Å². The first kappa shape index (κ1) is 17.9. The highest BCUT2D eigenvalue weighted by Gasteiger charge is 2.26. The third kappa shape index (κ3) is 3.65. The number of carbonyl (C=O) groups excluding carboxylic acids is 2. The number of amides is 2. The molecule has 0 bridgehead atoms. The van der Waals surface area contributed by atoms with Gasteiger partial charge in [0.15, 0.2) is 6.61 Å². The lowest BCUT2D eigenvalue weighted by Gasteiger charge is -2.28. The number of hydrazone groups is 1. The van der Waals surface area contributed by atoms with Crippen LogP contribution in [-0.2, 0) is 9.59 Å². The van der Waals surface area contributed by atoms with Gasteiger partial charge in [0.2, 0.25) is 0 Å². The van der Waals surface area contributed by atoms with Crippen molar-refractivity contribution in [2.75, 3.05) is 18.1 Å². The molecule has 3 aromatic rings. The van der Waals surface area contributed by atoms with Crippen LogP contribution in [0.2, 0.25) is 5.15 Å². The molecule has 2 heterocycles. The van der Waals surface area contributed by atoms with Crippen LogP contribution < -0.4 is 15.1 Å². The number of hydrogen-bond acceptors (Lipinski definition) is 5. The van der Waals surface area contributed by atoms with Gasteiger partial charge >= 0.3 is 0 Å². The van der Waals surface area contributed by atoms with Gasteiger partial charge in [-0.1, -0.05) is 41.9 Å². The third-order valence-corrected chi connectivity index (χ3v) is 4.51. The van der Waals surface area contributed by atoms with Crippen molar-refractivity contribution in [2.45, 2.75) is 0 Å². The van der Waals surface area contributed by atoms with Crippen LogP contribution in [-0.4, -0.2) is 36.2 Å². The number of pyridine rings is 1. The average molecular weight is 395 g/mol. The van der Waals surface area contributed by atoms with Crippen LogP contribution in [0.1, 0.15) is 5.56 Å². The maximum Gasteiger partial charge on any atom is 0.265 e. The Balaban J connectivity index is 1.45. The van der Waals surface area contributed by atoms with E-state index in [-0.39, 0.29) is 24.2 Å². The predicted octanol–water partition coefficient (Wildman–Crippen LogP) is 2.76. The second-order valence-electron chi connectivity index (χ2n) is 6.09. The molecule has 0 saturated carbocycles. The van der Waals surface area contributed by atoms with E-state index in [1.165, 1.54) is 11.1 Å². The first-order chi connectivity index (χ1) is 13.6. The van der Waals surface area contributed by atoms with Crippen LogP contribution in [0.25, 0.3) is 10.9 Å². The van der Waals surface area contributed by atoms with Crippen molar-refractivity contribution in [1.29, 1.82) is 0 Å². The molecule has 0 fully saturated rings. The minimum Gasteiger partial charge on any atom is -0.482 e. The topological polar surface area (TPSA) is 83.9 Å². The van der Waals surface area contributed by atoms with Gasteiger partial charge in [-0.05, 0) is 24.3 Å². The molecule has 1 aliphatic rings. The summed E-state index contributed by atoms with van der Waals surface area (Å²) >= 11 is 6.17. The second kappa shape index (κ2) is 7.66. The van der Waals surface area contributed by atoms with E-state index in [1.807, 2.05) is 30.3 Å². The van der Waals surface area contributed by atoms with Gasteiger partial charge in [-0.15, -0.1) is 0 Å². The van der Waals surface area contributed by atoms with Crippen LogP contribution in [0.4, 0.5) is 5.69 Å². The van der Waals surface area contributed by atoms with Gasteiger partial charge in [0, 0.05) is 10.9 Å². The number of ether oxygens (including phenoxy) is 1. The lowest BCUT2D eigenvalue weighted by molar-refractivity contribution is -0.125. The van der Waals surface area contributed by atoms with Crippen molar-refractivity contribution in [3.63, 3.8) is 0 Å². The van der Waals surface area contributed by atoms with Gasteiger partial charge in [0.05, 0.1) is 17.4 Å². The lowest BCUT2D eigenvalue weighted by Crippen LogP contribution is -2.44. The Bertz CT molecular complexity index is 1100. The highest BCUT2D eigenvalue weighted by Crippen LogP contribution is 2.31. The van der Waals surface area contributed by atoms with E-state index in [9.17, 15) is 9.59 Å². The molecule has 0 aliphatic carbocycles. The molecule has 2 amide bonds. The highest BCUT2D eigenvalue weighted by atomic mass is 35.5. The van der Waals surface area contributed by atoms with Crippen LogP contribution in [0.5, 0.6) is 5.75 Å². The van der Waals surface area contributed by atoms with E-state index < -0.39 is 5.91 Å². The molecule has 7 nitrogen and oxygen atoms in total. The fourth-order valence-corrected chi connectivity index (χ4v) is 3.07. The molecule has 4 rings (SSSR count). The maximum atomic E-state index is 12.2. The van der Waals surface area contributed by atoms with Crippen molar-refractivity contribution in [1.82, 2.24) is 10.4 Å². The van der Waals surface area contributed by atoms with Crippen molar-refractivity contribution in [3.8, 4) is 5.75 Å². The fourth-order valence-electron chi connectivity index (χ4n) is 2.88. The number of benzene rings is 2. The van der Waals surface area contributed by atoms with Crippen LogP contribution >= 0.6 is 11.6 Å². The molecular formula is C20H15ClN4O3. The fraction of sp³-hybridized carbons (Fsp3) is 0.100. The number of anilines is 1. The molecule has 2 aromatic carbocycles. The minimum absolute atomic E-state index is 0.105. The van der Waals surface area contributed by atoms with E-state index in [0.717, 1.165) is 10.9 Å². The molecule has 0 spiro atoms. The molecule has 140 valence electrons. The Morgan fingerprint density at radius 1 is 1.25 bits per heavy atom. The smallest absolute Gasteiger partial charge is 0.265 e. The van der Waals surface area contributed by atoms with Gasteiger partial charge < -0.3 is 4.74 Å². The number of hydrogen-bond donors (Lipinski definition) is 1. The molecular weight excluding hydrogens is 380 g/mol. The molecule has 0 atom stereocenters. The largest absolute Gasteiger partial charge is 0.482 e. The summed E-state index contributed by atoms with van der Waals surface area (Å²) in [6.07, 6.45) is 1.43. The summed E-state index contributed by atoms with van der Waals surface area (Å²) in [6.45, 7) is -0.272. The Labute approximate surface area is 165 Å². The van der Waals surface area contributed by atoms with Gasteiger partial charge in [0.1, 0.15) is 17.4 Å². The van der Waals surface area contributed by atoms with Crippen molar-refractivity contribution in [2.24, 2.45) is 5.10 Å². The zero-order chi connectivity index (χ0) is 19.5. The SMILES string of the molecule is O=C(CN1C(=O)COc2ccccc21)N/N=C/c1cc2ccccc2nc1Cl. The molecule has 1 aliphatic heterocycles. The van der Waals surface area contributed by atoms with E-state index in [0.29, 0.717) is 17.0 Å². The quantitative estimate of drug-likeness (QED) is 0.419. The summed E-state index contributed by atoms with van der Waals surface area (Å²) in [7, 11) is 0. The summed E-state index contributed by atoms with van der Waals surface area (Å²) in [5, 5.41) is 5.14. The van der Waals surface area contributed by atoms with Crippen LogP contribution in [0.15, 0.2) is 59.7 Å². The first-order valence-electron chi connectivity index (χ1n) is 8.51. The number of para-hydroxylation sites is 3. The normalized spacial score (nSPS) is 13.5. The Hall–Kier alpha value is -3.45. The number of nitrogens with one attached hydrogen (secondary N) is 1. The molecule has 0 radical (unpaired) electrons. The Kier molecular flexibility index (Phi) is 4.90. The number of halogens is 1. The number of nitrogens with zero attached hydrogens (tertiary/aromatic N) is 3. The molecule has 28 heavy (non-hydrogen) atoms. The Morgan fingerprint density at radius 2 is 2.04 bits per heavy atom. The highest BCUT2D eigenvalue weighted by molar-refractivity contribution is 6.32. The van der Waals surface area contributed by atoms with Crippen LogP contribution in [0.3, 0.4) is 0 Å². The van der Waals surface area contributed by atoms with Gasteiger partial charge in [0.25, 0.3) is 11.8 Å². The zero-order valence-electron chi connectivity index (χ0n) is 14.6. The molecule has 1 N–H and O–H groups in total. The number of fused-ring (bicyclic) bond motifs is 2. The summed E-state index contributed by atoms with van der Waals surface area (Å²) in [5.41, 5.74) is 4.32. The summed E-state index contributed by atoms with van der Waals surface area (Å²) in [6, 6.07) is 16.4. The van der Waals surface area contributed by atoms with Crippen molar-refractivity contribution in [3.05, 3.63) is 65.3 Å². The minimum atomic E-state index is -0.439. The Morgan fingerprint density at radius 3 is 2.93 bits per heavy atom. The first-order valence-corrected chi connectivity index (χ1v) is 8.89. The number of carbonyl (C=O) groups is 2. The average Bonchev–Trinajstić information content (AvgIpc) is 2.70. The maximum absolute atomic E-state index is 12.2. The van der Waals surface area contributed by atoms with Gasteiger partial charge in [-0.3, -0.25) is 14.5 Å². The molecule has 8 heteroatoms.